The van der Waals surface area contributed by atoms with Gasteiger partial charge in [0.15, 0.2) is 0 Å². The lowest BCUT2D eigenvalue weighted by molar-refractivity contribution is 0.414. The molecule has 0 heterocycles. The van der Waals surface area contributed by atoms with Gasteiger partial charge < -0.3 is 4.74 Å². The lowest BCUT2D eigenvalue weighted by Gasteiger charge is -2.12. The molecule has 2 aromatic carbocycles. The van der Waals surface area contributed by atoms with Crippen molar-refractivity contribution in [1.29, 1.82) is 0 Å². The number of benzene rings is 2. The van der Waals surface area contributed by atoms with Crippen molar-refractivity contribution in [3.05, 3.63) is 65.5 Å². The average Bonchev–Trinajstić information content (AvgIpc) is 2.39. The van der Waals surface area contributed by atoms with Crippen LogP contribution in [0, 0.1) is 5.82 Å². The summed E-state index contributed by atoms with van der Waals surface area (Å²) in [5.74, 6) is 0.900. The van der Waals surface area contributed by atoms with E-state index in [0.29, 0.717) is 0 Å². The van der Waals surface area contributed by atoms with Crippen LogP contribution in [0.2, 0.25) is 0 Å². The predicted molar refractivity (Wildman–Crippen MR) is 66.9 cm³/mol. The fourth-order valence-corrected chi connectivity index (χ4v) is 1.84. The van der Waals surface area contributed by atoms with Crippen molar-refractivity contribution in [1.82, 2.24) is 0 Å². The van der Waals surface area contributed by atoms with Crippen molar-refractivity contribution in [3.63, 3.8) is 0 Å². The van der Waals surface area contributed by atoms with Crippen LogP contribution in [0.25, 0.3) is 0 Å². The molecule has 17 heavy (non-hydrogen) atoms. The standard InChI is InChI=1S/C15H15FO/c1-11(12-3-7-14(16)8-4-12)13-5-9-15(17-2)10-6-13/h3-11H,1-2H3. The van der Waals surface area contributed by atoms with E-state index in [1.807, 2.05) is 36.4 Å². The summed E-state index contributed by atoms with van der Waals surface area (Å²) >= 11 is 0. The van der Waals surface area contributed by atoms with Crippen LogP contribution in [0.5, 0.6) is 5.75 Å². The van der Waals surface area contributed by atoms with Gasteiger partial charge in [0.2, 0.25) is 0 Å². The third kappa shape index (κ3) is 2.64. The molecule has 1 nitrogen and oxygen atoms in total. The van der Waals surface area contributed by atoms with Gasteiger partial charge in [0, 0.05) is 5.92 Å². The van der Waals surface area contributed by atoms with Gasteiger partial charge in [-0.15, -0.1) is 0 Å². The second-order valence-corrected chi connectivity index (χ2v) is 4.05. The molecule has 0 bridgehead atoms. The Balaban J connectivity index is 2.23. The summed E-state index contributed by atoms with van der Waals surface area (Å²) < 4.78 is 18.0. The first-order valence-corrected chi connectivity index (χ1v) is 5.60. The molecule has 0 fully saturated rings. The number of methoxy groups -OCH3 is 1. The van der Waals surface area contributed by atoms with Crippen LogP contribution in [0.4, 0.5) is 4.39 Å². The molecule has 0 N–H and O–H groups in total. The maximum absolute atomic E-state index is 12.8. The van der Waals surface area contributed by atoms with Gasteiger partial charge in [-0.1, -0.05) is 31.2 Å². The van der Waals surface area contributed by atoms with E-state index in [1.54, 1.807) is 7.11 Å². The summed E-state index contributed by atoms with van der Waals surface area (Å²) in [5.41, 5.74) is 2.30. The molecule has 0 saturated carbocycles. The molecule has 0 aromatic heterocycles. The van der Waals surface area contributed by atoms with Crippen LogP contribution in [0.15, 0.2) is 48.5 Å². The summed E-state index contributed by atoms with van der Waals surface area (Å²) in [5, 5.41) is 0. The second-order valence-electron chi connectivity index (χ2n) is 4.05. The van der Waals surface area contributed by atoms with Crippen LogP contribution in [0.3, 0.4) is 0 Å². The quantitative estimate of drug-likeness (QED) is 0.774. The van der Waals surface area contributed by atoms with Gasteiger partial charge in [-0.2, -0.15) is 0 Å². The van der Waals surface area contributed by atoms with Crippen LogP contribution in [-0.4, -0.2) is 7.11 Å². The van der Waals surface area contributed by atoms with Crippen molar-refractivity contribution < 1.29 is 9.13 Å². The second kappa shape index (κ2) is 5.00. The molecular weight excluding hydrogens is 215 g/mol. The van der Waals surface area contributed by atoms with Gasteiger partial charge in [0.25, 0.3) is 0 Å². The van der Waals surface area contributed by atoms with Crippen molar-refractivity contribution >= 4 is 0 Å². The van der Waals surface area contributed by atoms with E-state index in [1.165, 1.54) is 17.7 Å². The molecule has 0 spiro atoms. The minimum Gasteiger partial charge on any atom is -0.497 e. The van der Waals surface area contributed by atoms with Crippen molar-refractivity contribution in [2.24, 2.45) is 0 Å². The Morgan fingerprint density at radius 3 is 1.82 bits per heavy atom. The molecule has 0 aliphatic carbocycles. The van der Waals surface area contributed by atoms with E-state index in [2.05, 4.69) is 6.92 Å². The van der Waals surface area contributed by atoms with Crippen LogP contribution in [0.1, 0.15) is 24.0 Å². The van der Waals surface area contributed by atoms with Crippen molar-refractivity contribution in [2.75, 3.05) is 7.11 Å². The number of hydrogen-bond acceptors (Lipinski definition) is 1. The van der Waals surface area contributed by atoms with E-state index in [0.717, 1.165) is 11.3 Å². The third-order valence-electron chi connectivity index (χ3n) is 2.99. The zero-order valence-electron chi connectivity index (χ0n) is 9.98. The number of rotatable bonds is 3. The Bertz CT molecular complexity index is 473. The summed E-state index contributed by atoms with van der Waals surface area (Å²) in [6, 6.07) is 14.6. The van der Waals surface area contributed by atoms with Gasteiger partial charge in [-0.05, 0) is 35.4 Å². The zero-order chi connectivity index (χ0) is 12.3. The molecule has 2 aromatic rings. The molecule has 0 saturated heterocycles. The first-order valence-electron chi connectivity index (χ1n) is 5.60. The highest BCUT2D eigenvalue weighted by atomic mass is 19.1. The predicted octanol–water partition coefficient (Wildman–Crippen LogP) is 3.99. The highest BCUT2D eigenvalue weighted by molar-refractivity contribution is 5.35. The average molecular weight is 230 g/mol. The van der Waals surface area contributed by atoms with Crippen LogP contribution < -0.4 is 4.74 Å². The number of ether oxygens (including phenoxy) is 1. The van der Waals surface area contributed by atoms with Gasteiger partial charge in [-0.25, -0.2) is 4.39 Å². The third-order valence-corrected chi connectivity index (χ3v) is 2.99. The van der Waals surface area contributed by atoms with E-state index >= 15 is 0 Å². The van der Waals surface area contributed by atoms with E-state index in [4.69, 9.17) is 4.74 Å². The first kappa shape index (κ1) is 11.6. The van der Waals surface area contributed by atoms with Crippen LogP contribution in [-0.2, 0) is 0 Å². The molecule has 0 amide bonds. The Hall–Kier alpha value is -1.83. The minimum atomic E-state index is -0.198. The summed E-state index contributed by atoms with van der Waals surface area (Å²) in [7, 11) is 1.65. The molecule has 2 rings (SSSR count). The summed E-state index contributed by atoms with van der Waals surface area (Å²) in [4.78, 5) is 0. The van der Waals surface area contributed by atoms with Gasteiger partial charge in [0.05, 0.1) is 7.11 Å². The first-order chi connectivity index (χ1) is 8.20. The van der Waals surface area contributed by atoms with Gasteiger partial charge >= 0.3 is 0 Å². The Morgan fingerprint density at radius 1 is 0.882 bits per heavy atom. The van der Waals surface area contributed by atoms with Gasteiger partial charge in [0.1, 0.15) is 11.6 Å². The smallest absolute Gasteiger partial charge is 0.123 e. The zero-order valence-corrected chi connectivity index (χ0v) is 9.98. The highest BCUT2D eigenvalue weighted by Gasteiger charge is 2.08. The molecule has 2 heteroatoms. The monoisotopic (exact) mass is 230 g/mol. The minimum absolute atomic E-state index is 0.198. The van der Waals surface area contributed by atoms with E-state index < -0.39 is 0 Å². The summed E-state index contributed by atoms with van der Waals surface area (Å²) in [6.45, 7) is 2.11. The van der Waals surface area contributed by atoms with E-state index in [-0.39, 0.29) is 11.7 Å². The van der Waals surface area contributed by atoms with Crippen LogP contribution >= 0.6 is 0 Å². The molecule has 0 aliphatic rings. The maximum Gasteiger partial charge on any atom is 0.123 e. The lowest BCUT2D eigenvalue weighted by Crippen LogP contribution is -1.96. The highest BCUT2D eigenvalue weighted by Crippen LogP contribution is 2.25. The molecule has 0 radical (unpaired) electrons. The fraction of sp³-hybridized carbons (Fsp3) is 0.200. The summed E-state index contributed by atoms with van der Waals surface area (Å²) in [6.07, 6.45) is 0. The SMILES string of the molecule is COc1ccc(C(C)c2ccc(F)cc2)cc1. The van der Waals surface area contributed by atoms with Crippen molar-refractivity contribution in [3.8, 4) is 5.75 Å². The number of halogens is 1. The molecule has 0 aliphatic heterocycles. The van der Waals surface area contributed by atoms with Crippen molar-refractivity contribution in [2.45, 2.75) is 12.8 Å². The Labute approximate surface area is 101 Å². The molecule has 88 valence electrons. The molecule has 1 unspecified atom stereocenters. The maximum atomic E-state index is 12.8. The fourth-order valence-electron chi connectivity index (χ4n) is 1.84. The number of hydrogen-bond donors (Lipinski definition) is 0. The Kier molecular flexibility index (Phi) is 3.43. The van der Waals surface area contributed by atoms with E-state index in [9.17, 15) is 4.39 Å². The normalized spacial score (nSPS) is 12.2. The molecule has 1 atom stereocenters. The van der Waals surface area contributed by atoms with Gasteiger partial charge in [-0.3, -0.25) is 0 Å². The largest absolute Gasteiger partial charge is 0.497 e. The Morgan fingerprint density at radius 2 is 1.35 bits per heavy atom. The molecular formula is C15H15FO. The lowest BCUT2D eigenvalue weighted by atomic mass is 9.93. The topological polar surface area (TPSA) is 9.23 Å².